The first-order chi connectivity index (χ1) is 11.2. The molecule has 3 heteroatoms. The van der Waals surface area contributed by atoms with Gasteiger partial charge in [0.2, 0.25) is 0 Å². The predicted octanol–water partition coefficient (Wildman–Crippen LogP) is 3.54. The van der Waals surface area contributed by atoms with E-state index >= 15 is 0 Å². The summed E-state index contributed by atoms with van der Waals surface area (Å²) >= 11 is 0. The molecule has 0 atom stereocenters. The molecular weight excluding hydrogens is 298 g/mol. The van der Waals surface area contributed by atoms with Gasteiger partial charge in [0.05, 0.1) is 5.41 Å². The second-order valence-corrected chi connectivity index (χ2v) is 5.55. The average Bonchev–Trinajstić information content (AvgIpc) is 2.62. The van der Waals surface area contributed by atoms with Crippen LogP contribution in [-0.2, 0) is 10.2 Å². The van der Waals surface area contributed by atoms with E-state index in [9.17, 15) is 9.90 Å². The predicted molar refractivity (Wildman–Crippen MR) is 94.8 cm³/mol. The summed E-state index contributed by atoms with van der Waals surface area (Å²) in [5, 5.41) is 11.6. The molecule has 24 heavy (non-hydrogen) atoms. The molecule has 3 aromatic carbocycles. The van der Waals surface area contributed by atoms with Crippen LogP contribution < -0.4 is 11.3 Å². The third kappa shape index (κ3) is 3.21. The highest BCUT2D eigenvalue weighted by Gasteiger charge is 2.36. The summed E-state index contributed by atoms with van der Waals surface area (Å²) in [5.74, 6) is -1.07. The minimum atomic E-state index is -1.07. The van der Waals surface area contributed by atoms with Crippen LogP contribution in [0.5, 0.6) is 0 Å². The Hall–Kier alpha value is -2.91. The van der Waals surface area contributed by atoms with E-state index in [1.54, 1.807) is 0 Å². The molecule has 0 unspecified atom stereocenters. The highest BCUT2D eigenvalue weighted by molar-refractivity contribution is 5.71. The molecule has 122 valence electrons. The zero-order valence-corrected chi connectivity index (χ0v) is 13.7. The van der Waals surface area contributed by atoms with Gasteiger partial charge in [-0.25, -0.2) is 0 Å². The molecule has 0 aliphatic carbocycles. The molecular formula is C21H21NO2. The first-order valence-corrected chi connectivity index (χ1v) is 7.60. The van der Waals surface area contributed by atoms with Gasteiger partial charge in [-0.1, -0.05) is 91.0 Å². The Labute approximate surface area is 142 Å². The minimum Gasteiger partial charge on any atom is -0.550 e. The Morgan fingerprint density at radius 2 is 0.958 bits per heavy atom. The topological polar surface area (TPSA) is 76.6 Å². The van der Waals surface area contributed by atoms with E-state index in [1.165, 1.54) is 0 Å². The van der Waals surface area contributed by atoms with Crippen molar-refractivity contribution < 1.29 is 9.90 Å². The fourth-order valence-corrected chi connectivity index (χ4v) is 3.19. The highest BCUT2D eigenvalue weighted by Crippen LogP contribution is 2.41. The Balaban J connectivity index is 0.00000208. The number of aliphatic carboxylic acids is 1. The standard InChI is InChI=1S/C21H18O2.H3N/c22-20(23)16-21(17-10-4-1-5-11-17,18-12-6-2-7-13-18)19-14-8-3-9-15-19;/h1-15H,16H2,(H,22,23);1H3. The van der Waals surface area contributed by atoms with Crippen molar-refractivity contribution in [1.29, 1.82) is 0 Å². The van der Waals surface area contributed by atoms with Crippen LogP contribution in [0.2, 0.25) is 0 Å². The molecule has 0 aliphatic rings. The summed E-state index contributed by atoms with van der Waals surface area (Å²) in [6, 6.07) is 29.3. The van der Waals surface area contributed by atoms with E-state index in [-0.39, 0.29) is 12.6 Å². The van der Waals surface area contributed by atoms with E-state index in [1.807, 2.05) is 91.0 Å². The van der Waals surface area contributed by atoms with E-state index in [0.717, 1.165) is 16.7 Å². The van der Waals surface area contributed by atoms with Crippen LogP contribution in [-0.4, -0.2) is 5.97 Å². The van der Waals surface area contributed by atoms with Gasteiger partial charge in [0.1, 0.15) is 0 Å². The summed E-state index contributed by atoms with van der Waals surface area (Å²) in [6.45, 7) is 0. The van der Waals surface area contributed by atoms with Gasteiger partial charge in [0.25, 0.3) is 0 Å². The smallest absolute Gasteiger partial charge is 0.0503 e. The lowest BCUT2D eigenvalue weighted by atomic mass is 9.67. The number of carbonyl (C=O) groups excluding carboxylic acids is 1. The van der Waals surface area contributed by atoms with Crippen molar-refractivity contribution in [1.82, 2.24) is 6.15 Å². The van der Waals surface area contributed by atoms with Crippen molar-refractivity contribution in [3.05, 3.63) is 108 Å². The van der Waals surface area contributed by atoms with Crippen LogP contribution in [0.4, 0.5) is 0 Å². The minimum absolute atomic E-state index is 0. The van der Waals surface area contributed by atoms with Crippen LogP contribution in [0.15, 0.2) is 91.0 Å². The highest BCUT2D eigenvalue weighted by atomic mass is 16.4. The molecule has 0 saturated carbocycles. The Bertz CT molecular complexity index is 674. The van der Waals surface area contributed by atoms with Gasteiger partial charge in [0, 0.05) is 12.4 Å². The van der Waals surface area contributed by atoms with Gasteiger partial charge < -0.3 is 16.1 Å². The SMILES string of the molecule is O=C([O-])CC(c1ccccc1)(c1ccccc1)c1ccccc1.[NH4+]. The van der Waals surface area contributed by atoms with Crippen molar-refractivity contribution in [2.75, 3.05) is 0 Å². The van der Waals surface area contributed by atoms with Crippen LogP contribution in [0.1, 0.15) is 23.1 Å². The van der Waals surface area contributed by atoms with Crippen molar-refractivity contribution in [3.8, 4) is 0 Å². The largest absolute Gasteiger partial charge is 0.550 e. The van der Waals surface area contributed by atoms with E-state index in [0.29, 0.717) is 0 Å². The lowest BCUT2D eigenvalue weighted by Crippen LogP contribution is -2.37. The van der Waals surface area contributed by atoms with Crippen molar-refractivity contribution in [2.45, 2.75) is 11.8 Å². The average molecular weight is 319 g/mol. The van der Waals surface area contributed by atoms with Gasteiger partial charge in [0.15, 0.2) is 0 Å². The molecule has 0 aromatic heterocycles. The van der Waals surface area contributed by atoms with E-state index in [4.69, 9.17) is 0 Å². The van der Waals surface area contributed by atoms with Crippen LogP contribution in [0.3, 0.4) is 0 Å². The Kier molecular flexibility index (Phi) is 5.51. The molecule has 0 saturated heterocycles. The number of carboxylic acid groups (broad SMARTS) is 1. The van der Waals surface area contributed by atoms with E-state index < -0.39 is 11.4 Å². The maximum absolute atomic E-state index is 11.6. The van der Waals surface area contributed by atoms with Crippen LogP contribution in [0, 0.1) is 0 Å². The molecule has 0 aliphatic heterocycles. The van der Waals surface area contributed by atoms with Gasteiger partial charge in [-0.2, -0.15) is 0 Å². The third-order valence-electron chi connectivity index (χ3n) is 4.21. The summed E-state index contributed by atoms with van der Waals surface area (Å²) in [7, 11) is 0. The molecule has 0 bridgehead atoms. The number of carbonyl (C=O) groups is 1. The molecule has 4 N–H and O–H groups in total. The summed E-state index contributed by atoms with van der Waals surface area (Å²) < 4.78 is 0. The molecule has 3 aromatic rings. The fraction of sp³-hybridized carbons (Fsp3) is 0.0952. The van der Waals surface area contributed by atoms with Gasteiger partial charge in [-0.15, -0.1) is 0 Å². The Morgan fingerprint density at radius 3 is 1.21 bits per heavy atom. The normalized spacial score (nSPS) is 10.7. The number of hydrogen-bond donors (Lipinski definition) is 1. The van der Waals surface area contributed by atoms with E-state index in [2.05, 4.69) is 0 Å². The summed E-state index contributed by atoms with van der Waals surface area (Å²) in [5.41, 5.74) is 2.08. The lowest BCUT2D eigenvalue weighted by Gasteiger charge is -2.36. The first kappa shape index (κ1) is 17.4. The zero-order valence-electron chi connectivity index (χ0n) is 13.7. The maximum atomic E-state index is 11.6. The summed E-state index contributed by atoms with van der Waals surface area (Å²) in [6.07, 6.45) is -0.106. The second-order valence-electron chi connectivity index (χ2n) is 5.55. The monoisotopic (exact) mass is 319 g/mol. The number of quaternary nitrogens is 1. The fourth-order valence-electron chi connectivity index (χ4n) is 3.19. The molecule has 0 amide bonds. The Morgan fingerprint density at radius 1 is 0.667 bits per heavy atom. The molecule has 0 heterocycles. The quantitative estimate of drug-likeness (QED) is 0.730. The third-order valence-corrected chi connectivity index (χ3v) is 4.21. The first-order valence-electron chi connectivity index (χ1n) is 7.60. The maximum Gasteiger partial charge on any atom is 0.0503 e. The molecule has 3 rings (SSSR count). The molecule has 0 spiro atoms. The number of hydrogen-bond acceptors (Lipinski definition) is 2. The zero-order chi connectivity index (χ0) is 16.1. The van der Waals surface area contributed by atoms with Crippen LogP contribution in [0.25, 0.3) is 0 Å². The van der Waals surface area contributed by atoms with Gasteiger partial charge in [-0.05, 0) is 16.7 Å². The number of rotatable bonds is 5. The van der Waals surface area contributed by atoms with Crippen molar-refractivity contribution >= 4 is 5.97 Å². The van der Waals surface area contributed by atoms with Crippen molar-refractivity contribution in [3.63, 3.8) is 0 Å². The van der Waals surface area contributed by atoms with Crippen molar-refractivity contribution in [2.24, 2.45) is 0 Å². The van der Waals surface area contributed by atoms with Gasteiger partial charge in [-0.3, -0.25) is 0 Å². The molecule has 0 fully saturated rings. The summed E-state index contributed by atoms with van der Waals surface area (Å²) in [4.78, 5) is 11.6. The number of benzene rings is 3. The number of carboxylic acids is 1. The molecule has 0 radical (unpaired) electrons. The lowest BCUT2D eigenvalue weighted by molar-refractivity contribution is -0.306. The van der Waals surface area contributed by atoms with Crippen LogP contribution >= 0.6 is 0 Å². The molecule has 3 nitrogen and oxygen atoms in total. The van der Waals surface area contributed by atoms with Gasteiger partial charge >= 0.3 is 0 Å². The second kappa shape index (κ2) is 7.57.